The van der Waals surface area contributed by atoms with Crippen molar-refractivity contribution in [1.82, 2.24) is 4.98 Å². The molecule has 1 aromatic rings. The SMILES string of the molecule is O=C(O)c1nc(Cl)ccc1C=CCBr. The molecule has 0 saturated carbocycles. The van der Waals surface area contributed by atoms with Crippen LogP contribution in [0.2, 0.25) is 5.15 Å². The molecule has 5 heteroatoms. The minimum atomic E-state index is -1.08. The normalized spacial score (nSPS) is 10.7. The molecule has 0 aliphatic heterocycles. The Kier molecular flexibility index (Phi) is 4.10. The Morgan fingerprint density at radius 1 is 1.64 bits per heavy atom. The van der Waals surface area contributed by atoms with Crippen molar-refractivity contribution in [1.29, 1.82) is 0 Å². The van der Waals surface area contributed by atoms with Gasteiger partial charge in [0.25, 0.3) is 0 Å². The van der Waals surface area contributed by atoms with Crippen LogP contribution in [0.25, 0.3) is 6.08 Å². The highest BCUT2D eigenvalue weighted by atomic mass is 79.9. The minimum absolute atomic E-state index is 0.0327. The smallest absolute Gasteiger partial charge is 0.355 e. The van der Waals surface area contributed by atoms with Gasteiger partial charge in [-0.1, -0.05) is 39.7 Å². The molecular formula is C9H7BrClNO2. The number of hydrogen-bond acceptors (Lipinski definition) is 2. The van der Waals surface area contributed by atoms with Crippen molar-refractivity contribution < 1.29 is 9.90 Å². The number of hydrogen-bond donors (Lipinski definition) is 1. The lowest BCUT2D eigenvalue weighted by Crippen LogP contribution is -2.03. The molecule has 0 aromatic carbocycles. The molecule has 0 fully saturated rings. The number of aromatic nitrogens is 1. The maximum atomic E-state index is 10.8. The highest BCUT2D eigenvalue weighted by molar-refractivity contribution is 9.09. The first-order valence-corrected chi connectivity index (χ1v) is 5.27. The fourth-order valence-electron chi connectivity index (χ4n) is 0.923. The third-order valence-corrected chi connectivity index (χ3v) is 2.07. The Bertz CT molecular complexity index is 379. The van der Waals surface area contributed by atoms with Gasteiger partial charge in [-0.2, -0.15) is 0 Å². The molecule has 0 aliphatic rings. The van der Waals surface area contributed by atoms with E-state index in [0.29, 0.717) is 10.9 Å². The van der Waals surface area contributed by atoms with Crippen molar-refractivity contribution in [3.05, 3.63) is 34.6 Å². The first kappa shape index (κ1) is 11.2. The molecule has 0 atom stereocenters. The highest BCUT2D eigenvalue weighted by Gasteiger charge is 2.09. The van der Waals surface area contributed by atoms with Gasteiger partial charge in [0.15, 0.2) is 5.69 Å². The Hall–Kier alpha value is -0.870. The number of alkyl halides is 1. The maximum Gasteiger partial charge on any atom is 0.355 e. The van der Waals surface area contributed by atoms with Gasteiger partial charge in [0.05, 0.1) is 0 Å². The van der Waals surface area contributed by atoms with Crippen LogP contribution in [0.1, 0.15) is 16.1 Å². The van der Waals surface area contributed by atoms with Gasteiger partial charge in [-0.3, -0.25) is 0 Å². The van der Waals surface area contributed by atoms with Crippen molar-refractivity contribution in [2.24, 2.45) is 0 Å². The number of carboxylic acid groups (broad SMARTS) is 1. The molecule has 0 unspecified atom stereocenters. The molecule has 0 bridgehead atoms. The summed E-state index contributed by atoms with van der Waals surface area (Å²) in [4.78, 5) is 14.5. The second-order valence-electron chi connectivity index (χ2n) is 2.43. The summed E-state index contributed by atoms with van der Waals surface area (Å²) >= 11 is 8.79. The van der Waals surface area contributed by atoms with Gasteiger partial charge in [0.1, 0.15) is 5.15 Å². The molecule has 0 spiro atoms. The zero-order valence-electron chi connectivity index (χ0n) is 7.08. The summed E-state index contributed by atoms with van der Waals surface area (Å²) in [5, 5.41) is 9.66. The zero-order valence-corrected chi connectivity index (χ0v) is 9.42. The lowest BCUT2D eigenvalue weighted by atomic mass is 10.2. The fraction of sp³-hybridized carbons (Fsp3) is 0.111. The summed E-state index contributed by atoms with van der Waals surface area (Å²) in [5.74, 6) is -1.08. The van der Waals surface area contributed by atoms with Crippen molar-refractivity contribution in [2.75, 3.05) is 5.33 Å². The van der Waals surface area contributed by atoms with Gasteiger partial charge in [-0.25, -0.2) is 9.78 Å². The van der Waals surface area contributed by atoms with E-state index < -0.39 is 5.97 Å². The van der Waals surface area contributed by atoms with Crippen molar-refractivity contribution in [3.8, 4) is 0 Å². The summed E-state index contributed by atoms with van der Waals surface area (Å²) in [5.41, 5.74) is 0.510. The van der Waals surface area contributed by atoms with Crippen LogP contribution in [0.4, 0.5) is 0 Å². The first-order valence-electron chi connectivity index (χ1n) is 3.77. The van der Waals surface area contributed by atoms with Crippen LogP contribution in [0.3, 0.4) is 0 Å². The van der Waals surface area contributed by atoms with Crippen LogP contribution < -0.4 is 0 Å². The summed E-state index contributed by atoms with van der Waals surface area (Å²) in [6.07, 6.45) is 3.47. The molecule has 1 heterocycles. The third-order valence-electron chi connectivity index (χ3n) is 1.48. The third kappa shape index (κ3) is 2.82. The molecular weight excluding hydrogens is 269 g/mol. The number of aromatic carboxylic acids is 1. The average molecular weight is 277 g/mol. The van der Waals surface area contributed by atoms with Gasteiger partial charge in [0.2, 0.25) is 0 Å². The number of halogens is 2. The van der Waals surface area contributed by atoms with E-state index in [1.54, 1.807) is 24.3 Å². The van der Waals surface area contributed by atoms with Gasteiger partial charge in [-0.15, -0.1) is 0 Å². The Morgan fingerprint density at radius 3 is 2.93 bits per heavy atom. The quantitative estimate of drug-likeness (QED) is 0.682. The van der Waals surface area contributed by atoms with E-state index in [-0.39, 0.29) is 10.8 Å². The molecule has 0 saturated heterocycles. The maximum absolute atomic E-state index is 10.8. The van der Waals surface area contributed by atoms with E-state index in [1.807, 2.05) is 0 Å². The van der Waals surface area contributed by atoms with E-state index in [0.717, 1.165) is 0 Å². The van der Waals surface area contributed by atoms with Crippen molar-refractivity contribution >= 4 is 39.6 Å². The van der Waals surface area contributed by atoms with Crippen molar-refractivity contribution in [3.63, 3.8) is 0 Å². The number of carbonyl (C=O) groups is 1. The summed E-state index contributed by atoms with van der Waals surface area (Å²) in [6, 6.07) is 3.18. The van der Waals surface area contributed by atoms with E-state index in [1.165, 1.54) is 0 Å². The van der Waals surface area contributed by atoms with Crippen LogP contribution in [0.15, 0.2) is 18.2 Å². The van der Waals surface area contributed by atoms with Crippen LogP contribution in [0, 0.1) is 0 Å². The summed E-state index contributed by atoms with van der Waals surface area (Å²) in [6.45, 7) is 0. The molecule has 1 N–H and O–H groups in total. The predicted octanol–water partition coefficient (Wildman–Crippen LogP) is 2.84. The Balaban J connectivity index is 3.15. The van der Waals surface area contributed by atoms with E-state index in [4.69, 9.17) is 16.7 Å². The van der Waals surface area contributed by atoms with Crippen LogP contribution in [0.5, 0.6) is 0 Å². The monoisotopic (exact) mass is 275 g/mol. The van der Waals surface area contributed by atoms with E-state index in [9.17, 15) is 4.79 Å². The van der Waals surface area contributed by atoms with Gasteiger partial charge >= 0.3 is 5.97 Å². The molecule has 0 amide bonds. The second-order valence-corrected chi connectivity index (χ2v) is 3.47. The highest BCUT2D eigenvalue weighted by Crippen LogP contribution is 2.13. The standard InChI is InChI=1S/C9H7BrClNO2/c10-5-1-2-6-3-4-7(11)12-8(6)9(13)14/h1-4H,5H2,(H,13,14). The lowest BCUT2D eigenvalue weighted by molar-refractivity contribution is 0.0690. The molecule has 1 aromatic heterocycles. The van der Waals surface area contributed by atoms with Crippen molar-refractivity contribution in [2.45, 2.75) is 0 Å². The molecule has 0 radical (unpaired) electrons. The minimum Gasteiger partial charge on any atom is -0.476 e. The summed E-state index contributed by atoms with van der Waals surface area (Å²) < 4.78 is 0. The van der Waals surface area contributed by atoms with Gasteiger partial charge in [-0.05, 0) is 12.1 Å². The number of nitrogens with zero attached hydrogens (tertiary/aromatic N) is 1. The number of pyridine rings is 1. The molecule has 74 valence electrons. The topological polar surface area (TPSA) is 50.2 Å². The second kappa shape index (κ2) is 5.12. The average Bonchev–Trinajstić information content (AvgIpc) is 2.15. The van der Waals surface area contributed by atoms with Gasteiger partial charge in [0, 0.05) is 10.9 Å². The lowest BCUT2D eigenvalue weighted by Gasteiger charge is -1.99. The molecule has 0 aliphatic carbocycles. The Labute approximate surface area is 94.5 Å². The predicted molar refractivity (Wildman–Crippen MR) is 59.0 cm³/mol. The largest absolute Gasteiger partial charge is 0.476 e. The molecule has 3 nitrogen and oxygen atoms in total. The molecule has 14 heavy (non-hydrogen) atoms. The number of allylic oxidation sites excluding steroid dienone is 1. The Morgan fingerprint density at radius 2 is 2.36 bits per heavy atom. The van der Waals surface area contributed by atoms with Crippen LogP contribution in [-0.2, 0) is 0 Å². The number of carboxylic acids is 1. The van der Waals surface area contributed by atoms with E-state index >= 15 is 0 Å². The van der Waals surface area contributed by atoms with Crippen LogP contribution in [-0.4, -0.2) is 21.4 Å². The van der Waals surface area contributed by atoms with E-state index in [2.05, 4.69) is 20.9 Å². The first-order chi connectivity index (χ1) is 6.65. The summed E-state index contributed by atoms with van der Waals surface area (Å²) in [7, 11) is 0. The van der Waals surface area contributed by atoms with Crippen LogP contribution >= 0.6 is 27.5 Å². The number of rotatable bonds is 3. The zero-order chi connectivity index (χ0) is 10.6. The van der Waals surface area contributed by atoms with Gasteiger partial charge < -0.3 is 5.11 Å². The molecule has 1 rings (SSSR count). The fourth-order valence-corrected chi connectivity index (χ4v) is 1.26.